The normalized spacial score (nSPS) is 13.1. The summed E-state index contributed by atoms with van der Waals surface area (Å²) in [6, 6.07) is 55.0. The van der Waals surface area contributed by atoms with Crippen molar-refractivity contribution in [1.82, 2.24) is 9.55 Å². The van der Waals surface area contributed by atoms with Gasteiger partial charge in [0, 0.05) is 40.4 Å². The number of halogens is 1. The van der Waals surface area contributed by atoms with Crippen molar-refractivity contribution in [3.63, 3.8) is 0 Å². The molecule has 0 fully saturated rings. The van der Waals surface area contributed by atoms with Crippen LogP contribution < -0.4 is 14.5 Å². The Balaban J connectivity index is 1.16. The largest absolute Gasteiger partial charge is 0.457 e. The van der Waals surface area contributed by atoms with Crippen LogP contribution in [0.15, 0.2) is 164 Å². The molecule has 342 valence electrons. The van der Waals surface area contributed by atoms with Crippen molar-refractivity contribution in [3.05, 3.63) is 192 Å². The SMILES string of the molecule is CC(C)c1cccc(C(C)C)c1-c1cc(Oc2ccc3c4ccccc4n(-c4cc(C(C)(C)C)ccn4)c3c2)cc(N2CN(c3c(-c4ccc(F)cc4)cccc3C(C)(C)C)c3ccccc32)c1. The first-order valence-corrected chi connectivity index (χ1v) is 24.0. The second-order valence-corrected chi connectivity index (χ2v) is 21.1. The van der Waals surface area contributed by atoms with E-state index < -0.39 is 0 Å². The summed E-state index contributed by atoms with van der Waals surface area (Å²) in [4.78, 5) is 9.81. The van der Waals surface area contributed by atoms with Gasteiger partial charge in [-0.1, -0.05) is 148 Å². The summed E-state index contributed by atoms with van der Waals surface area (Å²) in [5, 5.41) is 2.31. The van der Waals surface area contributed by atoms with E-state index in [9.17, 15) is 4.39 Å². The zero-order chi connectivity index (χ0) is 47.6. The van der Waals surface area contributed by atoms with Gasteiger partial charge in [0.25, 0.3) is 0 Å². The maximum Gasteiger partial charge on any atom is 0.137 e. The second kappa shape index (κ2) is 17.2. The Morgan fingerprint density at radius 2 is 1.22 bits per heavy atom. The number of rotatable bonds is 9. The lowest BCUT2D eigenvalue weighted by Crippen LogP contribution is -2.27. The lowest BCUT2D eigenvalue weighted by molar-refractivity contribution is 0.483. The number of aromatic nitrogens is 2. The number of hydrogen-bond acceptors (Lipinski definition) is 4. The lowest BCUT2D eigenvalue weighted by Gasteiger charge is -2.32. The molecule has 0 radical (unpaired) electrons. The molecule has 7 aromatic carbocycles. The highest BCUT2D eigenvalue weighted by Gasteiger charge is 2.34. The van der Waals surface area contributed by atoms with Gasteiger partial charge in [-0.05, 0) is 128 Å². The van der Waals surface area contributed by atoms with Crippen molar-refractivity contribution in [2.24, 2.45) is 0 Å². The van der Waals surface area contributed by atoms with E-state index in [2.05, 4.69) is 217 Å². The average Bonchev–Trinajstić information content (AvgIpc) is 3.86. The van der Waals surface area contributed by atoms with Gasteiger partial charge in [0.15, 0.2) is 0 Å². The van der Waals surface area contributed by atoms with Crippen LogP contribution in [0.3, 0.4) is 0 Å². The second-order valence-electron chi connectivity index (χ2n) is 21.1. The molecule has 68 heavy (non-hydrogen) atoms. The Bertz CT molecular complexity index is 3320. The molecule has 0 spiro atoms. The molecule has 3 heterocycles. The molecule has 0 unspecified atom stereocenters. The van der Waals surface area contributed by atoms with Crippen LogP contribution in [0.2, 0.25) is 0 Å². The fraction of sp³-hybridized carbons (Fsp3) is 0.242. The van der Waals surface area contributed by atoms with E-state index in [-0.39, 0.29) is 16.6 Å². The van der Waals surface area contributed by atoms with Crippen LogP contribution in [-0.4, -0.2) is 16.2 Å². The maximum atomic E-state index is 14.4. The summed E-state index contributed by atoms with van der Waals surface area (Å²) < 4.78 is 23.8. The molecule has 5 nitrogen and oxygen atoms in total. The van der Waals surface area contributed by atoms with Crippen molar-refractivity contribution in [1.29, 1.82) is 0 Å². The van der Waals surface area contributed by atoms with Gasteiger partial charge >= 0.3 is 0 Å². The van der Waals surface area contributed by atoms with Gasteiger partial charge < -0.3 is 14.5 Å². The van der Waals surface area contributed by atoms with Crippen LogP contribution >= 0.6 is 0 Å². The first-order valence-electron chi connectivity index (χ1n) is 24.0. The quantitative estimate of drug-likeness (QED) is 0.145. The zero-order valence-corrected chi connectivity index (χ0v) is 41.0. The molecule has 0 saturated carbocycles. The summed E-state index contributed by atoms with van der Waals surface area (Å²) in [6.45, 7) is 23.2. The summed E-state index contributed by atoms with van der Waals surface area (Å²) in [7, 11) is 0. The first kappa shape index (κ1) is 44.6. The van der Waals surface area contributed by atoms with Gasteiger partial charge in [-0.2, -0.15) is 0 Å². The monoisotopic (exact) mass is 896 g/mol. The van der Waals surface area contributed by atoms with E-state index in [1.807, 2.05) is 18.3 Å². The average molecular weight is 897 g/mol. The summed E-state index contributed by atoms with van der Waals surface area (Å²) in [5.74, 6) is 2.72. The van der Waals surface area contributed by atoms with Crippen molar-refractivity contribution >= 4 is 44.6 Å². The molecule has 1 aliphatic heterocycles. The number of benzene rings is 7. The highest BCUT2D eigenvalue weighted by Crippen LogP contribution is 2.51. The van der Waals surface area contributed by atoms with Crippen LogP contribution in [0.25, 0.3) is 49.9 Å². The van der Waals surface area contributed by atoms with Crippen molar-refractivity contribution < 1.29 is 9.13 Å². The summed E-state index contributed by atoms with van der Waals surface area (Å²) in [6.07, 6.45) is 1.92. The maximum absolute atomic E-state index is 14.4. The van der Waals surface area contributed by atoms with E-state index in [0.29, 0.717) is 18.5 Å². The summed E-state index contributed by atoms with van der Waals surface area (Å²) >= 11 is 0. The van der Waals surface area contributed by atoms with Crippen LogP contribution in [-0.2, 0) is 10.8 Å². The molecule has 1 aliphatic rings. The van der Waals surface area contributed by atoms with Crippen LogP contribution in [0.1, 0.15) is 103 Å². The van der Waals surface area contributed by atoms with Gasteiger partial charge in [-0.25, -0.2) is 9.37 Å². The molecule has 6 heteroatoms. The standard InChI is InChI=1S/C62H61FN4O/c1-39(2)48-18-15-19-49(40(3)4)59(48)42-33-45(65-38-66(56-24-14-13-23-55(56)65)60-50(41-25-27-44(63)28-26-41)20-16-21-53(60)62(8,9)10)36-47(34-42)68-46-29-30-52-51-17-11-12-22-54(51)67(57(52)37-46)58-35-43(31-32-64-58)61(5,6)7/h11-37,39-40H,38H2,1-10H3. The molecule has 0 saturated heterocycles. The third-order valence-electron chi connectivity index (χ3n) is 13.6. The highest BCUT2D eigenvalue weighted by molar-refractivity contribution is 6.09. The van der Waals surface area contributed by atoms with E-state index >= 15 is 0 Å². The van der Waals surface area contributed by atoms with Crippen LogP contribution in [0, 0.1) is 5.82 Å². The predicted molar refractivity (Wildman–Crippen MR) is 284 cm³/mol. The fourth-order valence-electron chi connectivity index (χ4n) is 10.2. The Kier molecular flexibility index (Phi) is 11.3. The van der Waals surface area contributed by atoms with Crippen molar-refractivity contribution in [2.45, 2.75) is 91.9 Å². The minimum atomic E-state index is -0.247. The Morgan fingerprint density at radius 1 is 0.559 bits per heavy atom. The predicted octanol–water partition coefficient (Wildman–Crippen LogP) is 17.5. The van der Waals surface area contributed by atoms with Gasteiger partial charge in [-0.3, -0.25) is 4.57 Å². The van der Waals surface area contributed by atoms with Crippen molar-refractivity contribution in [2.75, 3.05) is 16.5 Å². The lowest BCUT2D eigenvalue weighted by atomic mass is 9.83. The number of ether oxygens (including phenoxy) is 1. The molecular formula is C62H61FN4O. The topological polar surface area (TPSA) is 33.5 Å². The third kappa shape index (κ3) is 8.10. The molecule has 2 aromatic heterocycles. The zero-order valence-electron chi connectivity index (χ0n) is 41.0. The van der Waals surface area contributed by atoms with E-state index in [1.165, 1.54) is 33.2 Å². The molecular weight excluding hydrogens is 836 g/mol. The number of nitrogens with zero attached hydrogens (tertiary/aromatic N) is 4. The van der Waals surface area contributed by atoms with Crippen molar-refractivity contribution in [3.8, 4) is 39.6 Å². The van der Waals surface area contributed by atoms with Gasteiger partial charge in [0.2, 0.25) is 0 Å². The third-order valence-corrected chi connectivity index (χ3v) is 13.6. The van der Waals surface area contributed by atoms with E-state index in [1.54, 1.807) is 12.1 Å². The number of pyridine rings is 1. The van der Waals surface area contributed by atoms with E-state index in [4.69, 9.17) is 9.72 Å². The molecule has 0 aliphatic carbocycles. The minimum absolute atomic E-state index is 0.0369. The van der Waals surface area contributed by atoms with Crippen LogP contribution in [0.5, 0.6) is 11.5 Å². The first-order chi connectivity index (χ1) is 32.5. The molecule has 9 aromatic rings. The van der Waals surface area contributed by atoms with Gasteiger partial charge in [-0.15, -0.1) is 0 Å². The molecule has 0 N–H and O–H groups in total. The van der Waals surface area contributed by atoms with E-state index in [0.717, 1.165) is 73.2 Å². The highest BCUT2D eigenvalue weighted by atomic mass is 19.1. The Labute approximate surface area is 401 Å². The Hall–Kier alpha value is -7.18. The summed E-state index contributed by atoms with van der Waals surface area (Å²) in [5.41, 5.74) is 15.7. The number of anilines is 4. The minimum Gasteiger partial charge on any atom is -0.457 e. The van der Waals surface area contributed by atoms with Crippen LogP contribution in [0.4, 0.5) is 27.1 Å². The molecule has 0 atom stereocenters. The number of para-hydroxylation sites is 4. The molecule has 0 amide bonds. The smallest absolute Gasteiger partial charge is 0.137 e. The molecule has 0 bridgehead atoms. The Morgan fingerprint density at radius 3 is 1.91 bits per heavy atom. The number of hydrogen-bond donors (Lipinski definition) is 0. The van der Waals surface area contributed by atoms with Gasteiger partial charge in [0.05, 0.1) is 28.1 Å². The fourth-order valence-corrected chi connectivity index (χ4v) is 10.2. The number of fused-ring (bicyclic) bond motifs is 4. The molecule has 10 rings (SSSR count). The van der Waals surface area contributed by atoms with Gasteiger partial charge in [0.1, 0.15) is 29.8 Å².